The van der Waals surface area contributed by atoms with Gasteiger partial charge in [-0.1, -0.05) is 13.3 Å². The summed E-state index contributed by atoms with van der Waals surface area (Å²) in [6.07, 6.45) is 4.90. The molecular formula is C14H19F2NO. The van der Waals surface area contributed by atoms with Gasteiger partial charge < -0.3 is 10.1 Å². The highest BCUT2D eigenvalue weighted by atomic mass is 19.3. The molecule has 0 spiro atoms. The summed E-state index contributed by atoms with van der Waals surface area (Å²) in [5.74, 6) is 1.03. The number of nitrogens with one attached hydrogen (secondary N) is 1. The molecule has 0 amide bonds. The van der Waals surface area contributed by atoms with Gasteiger partial charge in [0.25, 0.3) is 0 Å². The van der Waals surface area contributed by atoms with E-state index in [4.69, 9.17) is 0 Å². The van der Waals surface area contributed by atoms with Crippen molar-refractivity contribution >= 4 is 5.69 Å². The molecule has 2 atom stereocenters. The van der Waals surface area contributed by atoms with Crippen LogP contribution in [0.2, 0.25) is 0 Å². The van der Waals surface area contributed by atoms with Crippen LogP contribution < -0.4 is 10.1 Å². The number of hydrogen-bond acceptors (Lipinski definition) is 2. The van der Waals surface area contributed by atoms with Crippen molar-refractivity contribution in [2.45, 2.75) is 45.3 Å². The summed E-state index contributed by atoms with van der Waals surface area (Å²) in [5.41, 5.74) is 0.971. The van der Waals surface area contributed by atoms with Gasteiger partial charge in [-0.05, 0) is 49.4 Å². The van der Waals surface area contributed by atoms with Gasteiger partial charge in [0.15, 0.2) is 0 Å². The third-order valence-electron chi connectivity index (χ3n) is 3.57. The van der Waals surface area contributed by atoms with Crippen molar-refractivity contribution in [2.24, 2.45) is 5.92 Å². The van der Waals surface area contributed by atoms with Gasteiger partial charge in [0.05, 0.1) is 0 Å². The van der Waals surface area contributed by atoms with Crippen LogP contribution in [0.15, 0.2) is 24.3 Å². The van der Waals surface area contributed by atoms with Crippen LogP contribution in [0.1, 0.15) is 32.6 Å². The van der Waals surface area contributed by atoms with Crippen molar-refractivity contribution in [3.8, 4) is 5.75 Å². The summed E-state index contributed by atoms with van der Waals surface area (Å²) in [7, 11) is 0. The van der Waals surface area contributed by atoms with Gasteiger partial charge in [-0.15, -0.1) is 0 Å². The Morgan fingerprint density at radius 1 is 1.28 bits per heavy atom. The Morgan fingerprint density at radius 3 is 2.56 bits per heavy atom. The number of halogens is 2. The molecule has 0 saturated heterocycles. The lowest BCUT2D eigenvalue weighted by Gasteiger charge is -2.14. The van der Waals surface area contributed by atoms with E-state index < -0.39 is 6.61 Å². The molecule has 0 aromatic heterocycles. The molecule has 18 heavy (non-hydrogen) atoms. The molecule has 0 heterocycles. The van der Waals surface area contributed by atoms with E-state index in [-0.39, 0.29) is 5.75 Å². The number of benzene rings is 1. The average Bonchev–Trinajstić information content (AvgIpc) is 2.79. The van der Waals surface area contributed by atoms with Crippen molar-refractivity contribution < 1.29 is 13.5 Å². The summed E-state index contributed by atoms with van der Waals surface area (Å²) in [5, 5.41) is 3.44. The summed E-state index contributed by atoms with van der Waals surface area (Å²) in [6.45, 7) is -0.535. The average molecular weight is 255 g/mol. The predicted molar refractivity (Wildman–Crippen MR) is 68.1 cm³/mol. The second kappa shape index (κ2) is 6.03. The Bertz CT molecular complexity index is 367. The number of hydrogen-bond donors (Lipinski definition) is 1. The van der Waals surface area contributed by atoms with Crippen molar-refractivity contribution in [3.05, 3.63) is 24.3 Å². The SMILES string of the molecule is CCC1CCC(Nc2ccc(OC(F)F)cc2)C1. The van der Waals surface area contributed by atoms with Crippen LogP contribution in [-0.4, -0.2) is 12.7 Å². The molecule has 2 unspecified atom stereocenters. The molecule has 1 fully saturated rings. The van der Waals surface area contributed by atoms with Crippen LogP contribution in [0.25, 0.3) is 0 Å². The van der Waals surface area contributed by atoms with Crippen LogP contribution in [-0.2, 0) is 0 Å². The van der Waals surface area contributed by atoms with E-state index in [0.29, 0.717) is 6.04 Å². The molecular weight excluding hydrogens is 236 g/mol. The fourth-order valence-electron chi connectivity index (χ4n) is 2.55. The van der Waals surface area contributed by atoms with Gasteiger partial charge in [0.1, 0.15) is 5.75 Å². The van der Waals surface area contributed by atoms with Gasteiger partial charge >= 0.3 is 6.61 Å². The van der Waals surface area contributed by atoms with Gasteiger partial charge in [-0.25, -0.2) is 0 Å². The van der Waals surface area contributed by atoms with Crippen LogP contribution in [0.4, 0.5) is 14.5 Å². The molecule has 0 bridgehead atoms. The van der Waals surface area contributed by atoms with E-state index in [1.165, 1.54) is 25.7 Å². The fourth-order valence-corrected chi connectivity index (χ4v) is 2.55. The quantitative estimate of drug-likeness (QED) is 0.848. The fraction of sp³-hybridized carbons (Fsp3) is 0.571. The Hall–Kier alpha value is -1.32. The summed E-state index contributed by atoms with van der Waals surface area (Å²) < 4.78 is 28.3. The van der Waals surface area contributed by atoms with Gasteiger partial charge in [0.2, 0.25) is 0 Å². The van der Waals surface area contributed by atoms with Crippen molar-refractivity contribution in [1.82, 2.24) is 0 Å². The summed E-state index contributed by atoms with van der Waals surface area (Å²) in [6, 6.07) is 7.23. The van der Waals surface area contributed by atoms with Crippen LogP contribution in [0.3, 0.4) is 0 Å². The van der Waals surface area contributed by atoms with E-state index in [0.717, 1.165) is 11.6 Å². The van der Waals surface area contributed by atoms with Crippen molar-refractivity contribution in [2.75, 3.05) is 5.32 Å². The molecule has 1 aliphatic carbocycles. The molecule has 2 rings (SSSR count). The number of anilines is 1. The maximum Gasteiger partial charge on any atom is 0.387 e. The zero-order valence-corrected chi connectivity index (χ0v) is 10.5. The third-order valence-corrected chi connectivity index (χ3v) is 3.57. The first-order chi connectivity index (χ1) is 8.67. The van der Waals surface area contributed by atoms with E-state index in [2.05, 4.69) is 17.0 Å². The molecule has 1 aliphatic rings. The molecule has 2 nitrogen and oxygen atoms in total. The molecule has 1 saturated carbocycles. The Morgan fingerprint density at radius 2 is 2.00 bits per heavy atom. The summed E-state index contributed by atoms with van der Waals surface area (Å²) in [4.78, 5) is 0. The van der Waals surface area contributed by atoms with Crippen molar-refractivity contribution in [1.29, 1.82) is 0 Å². The number of rotatable bonds is 5. The predicted octanol–water partition coefficient (Wildman–Crippen LogP) is 4.28. The molecule has 1 aromatic rings. The minimum Gasteiger partial charge on any atom is -0.435 e. The normalized spacial score (nSPS) is 23.3. The lowest BCUT2D eigenvalue weighted by Crippen LogP contribution is -2.15. The van der Waals surface area contributed by atoms with Gasteiger partial charge in [-0.3, -0.25) is 0 Å². The first kappa shape index (κ1) is 13.1. The smallest absolute Gasteiger partial charge is 0.387 e. The first-order valence-corrected chi connectivity index (χ1v) is 6.48. The zero-order chi connectivity index (χ0) is 13.0. The minimum atomic E-state index is -2.76. The highest BCUT2D eigenvalue weighted by molar-refractivity contribution is 5.47. The van der Waals surface area contributed by atoms with Crippen LogP contribution >= 0.6 is 0 Å². The maximum absolute atomic E-state index is 12.0. The highest BCUT2D eigenvalue weighted by Gasteiger charge is 2.22. The third kappa shape index (κ3) is 3.59. The molecule has 1 N–H and O–H groups in total. The Kier molecular flexibility index (Phi) is 4.39. The van der Waals surface area contributed by atoms with Crippen LogP contribution in [0, 0.1) is 5.92 Å². The molecule has 4 heteroatoms. The Balaban J connectivity index is 1.87. The molecule has 0 aliphatic heterocycles. The number of alkyl halides is 2. The van der Waals surface area contributed by atoms with Gasteiger partial charge in [0, 0.05) is 11.7 Å². The summed E-state index contributed by atoms with van der Waals surface area (Å²) >= 11 is 0. The Labute approximate surface area is 106 Å². The van der Waals surface area contributed by atoms with E-state index in [1.54, 1.807) is 24.3 Å². The van der Waals surface area contributed by atoms with E-state index in [9.17, 15) is 8.78 Å². The monoisotopic (exact) mass is 255 g/mol. The van der Waals surface area contributed by atoms with Crippen molar-refractivity contribution in [3.63, 3.8) is 0 Å². The second-order valence-corrected chi connectivity index (χ2v) is 4.83. The zero-order valence-electron chi connectivity index (χ0n) is 10.5. The standard InChI is InChI=1S/C14H19F2NO/c1-2-10-3-4-12(9-10)17-11-5-7-13(8-6-11)18-14(15)16/h5-8,10,12,14,17H,2-4,9H2,1H3. The maximum atomic E-state index is 12.0. The van der Waals surface area contributed by atoms with E-state index >= 15 is 0 Å². The van der Waals surface area contributed by atoms with E-state index in [1.807, 2.05) is 0 Å². The molecule has 1 aromatic carbocycles. The van der Waals surface area contributed by atoms with Crippen LogP contribution in [0.5, 0.6) is 5.75 Å². The highest BCUT2D eigenvalue weighted by Crippen LogP contribution is 2.30. The lowest BCUT2D eigenvalue weighted by molar-refractivity contribution is -0.0498. The lowest BCUT2D eigenvalue weighted by atomic mass is 10.1. The minimum absolute atomic E-state index is 0.202. The first-order valence-electron chi connectivity index (χ1n) is 6.48. The topological polar surface area (TPSA) is 21.3 Å². The molecule has 0 radical (unpaired) electrons. The number of ether oxygens (including phenoxy) is 1. The van der Waals surface area contributed by atoms with Gasteiger partial charge in [-0.2, -0.15) is 8.78 Å². The molecule has 100 valence electrons. The second-order valence-electron chi connectivity index (χ2n) is 4.83. The largest absolute Gasteiger partial charge is 0.435 e.